The number of hydrogen-bond acceptors (Lipinski definition) is 6. The summed E-state index contributed by atoms with van der Waals surface area (Å²) >= 11 is 1.35. The molecule has 1 aromatic carbocycles. The highest BCUT2D eigenvalue weighted by Gasteiger charge is 2.22. The van der Waals surface area contributed by atoms with Gasteiger partial charge in [-0.3, -0.25) is 5.32 Å². The molecular weight excluding hydrogens is 326 g/mol. The number of carbonyl (C=O) groups excluding carboxylic acids is 1. The number of benzene rings is 1. The van der Waals surface area contributed by atoms with Gasteiger partial charge in [-0.1, -0.05) is 42.4 Å². The lowest BCUT2D eigenvalue weighted by Gasteiger charge is -2.15. The third-order valence-corrected chi connectivity index (χ3v) is 3.96. The molecule has 2 N–H and O–H groups in total. The molecule has 0 unspecified atom stereocenters. The van der Waals surface area contributed by atoms with Crippen molar-refractivity contribution in [2.45, 2.75) is 25.8 Å². The van der Waals surface area contributed by atoms with Crippen LogP contribution < -0.4 is 10.6 Å². The highest BCUT2D eigenvalue weighted by molar-refractivity contribution is 7.13. The van der Waals surface area contributed by atoms with E-state index in [0.717, 1.165) is 12.0 Å². The van der Waals surface area contributed by atoms with E-state index < -0.39 is 6.04 Å². The number of anilines is 1. The molecule has 24 heavy (non-hydrogen) atoms. The topological polar surface area (TPSA) is 92.9 Å². The van der Waals surface area contributed by atoms with Gasteiger partial charge in [0.15, 0.2) is 11.0 Å². The summed E-state index contributed by atoms with van der Waals surface area (Å²) in [6, 6.07) is 8.65. The Morgan fingerprint density at radius 2 is 2.17 bits per heavy atom. The van der Waals surface area contributed by atoms with Crippen LogP contribution >= 0.6 is 11.3 Å². The molecular formula is C16H17N5O2S. The third kappa shape index (κ3) is 3.96. The van der Waals surface area contributed by atoms with E-state index in [-0.39, 0.29) is 6.03 Å². The van der Waals surface area contributed by atoms with Crippen molar-refractivity contribution in [3.8, 4) is 0 Å². The van der Waals surface area contributed by atoms with Gasteiger partial charge < -0.3 is 9.84 Å². The molecule has 3 aromatic rings. The normalized spacial score (nSPS) is 11.9. The van der Waals surface area contributed by atoms with Crippen LogP contribution in [-0.2, 0) is 6.42 Å². The van der Waals surface area contributed by atoms with Crippen molar-refractivity contribution in [2.24, 2.45) is 0 Å². The number of thiazole rings is 1. The summed E-state index contributed by atoms with van der Waals surface area (Å²) in [5.74, 6) is 0.995. The number of nitrogens with one attached hydrogen (secondary N) is 2. The summed E-state index contributed by atoms with van der Waals surface area (Å²) in [4.78, 5) is 20.7. The minimum atomic E-state index is -0.500. The Kier molecular flexibility index (Phi) is 5.17. The zero-order chi connectivity index (χ0) is 16.8. The average Bonchev–Trinajstić information content (AvgIpc) is 3.26. The Bertz CT molecular complexity index is 773. The highest BCUT2D eigenvalue weighted by Crippen LogP contribution is 2.20. The first-order valence-corrected chi connectivity index (χ1v) is 8.48. The second-order valence-electron chi connectivity index (χ2n) is 5.08. The van der Waals surface area contributed by atoms with E-state index >= 15 is 0 Å². The second kappa shape index (κ2) is 7.69. The van der Waals surface area contributed by atoms with Crippen molar-refractivity contribution in [2.75, 3.05) is 5.32 Å². The molecule has 0 saturated carbocycles. The van der Waals surface area contributed by atoms with E-state index in [1.54, 1.807) is 11.6 Å². The van der Waals surface area contributed by atoms with E-state index in [1.165, 1.54) is 11.3 Å². The lowest BCUT2D eigenvalue weighted by Crippen LogP contribution is -2.33. The van der Waals surface area contributed by atoms with Crippen LogP contribution in [0.25, 0.3) is 0 Å². The second-order valence-corrected chi connectivity index (χ2v) is 5.97. The molecule has 0 fully saturated rings. The molecule has 0 aliphatic heterocycles. The predicted molar refractivity (Wildman–Crippen MR) is 90.8 cm³/mol. The Balaban J connectivity index is 1.80. The summed E-state index contributed by atoms with van der Waals surface area (Å²) in [6.45, 7) is 2.04. The van der Waals surface area contributed by atoms with E-state index in [1.807, 2.05) is 37.3 Å². The van der Waals surface area contributed by atoms with E-state index in [4.69, 9.17) is 4.52 Å². The van der Waals surface area contributed by atoms with Crippen LogP contribution in [0.3, 0.4) is 0 Å². The zero-order valence-electron chi connectivity index (χ0n) is 13.1. The number of carbonyl (C=O) groups is 1. The fourth-order valence-electron chi connectivity index (χ4n) is 2.19. The molecule has 2 aromatic heterocycles. The molecule has 2 amide bonds. The summed E-state index contributed by atoms with van der Waals surface area (Å²) in [5, 5.41) is 11.9. The first-order valence-electron chi connectivity index (χ1n) is 7.60. The standard InChI is InChI=1S/C16H17N5O2S/c1-2-6-12-18-14(21-23-12)13(11-7-4-3-5-8-11)19-15(22)20-16-17-9-10-24-16/h3-5,7-10,13H,2,6H2,1H3,(H2,17,19,20,22)/t13-/m0/s1. The third-order valence-electron chi connectivity index (χ3n) is 3.27. The smallest absolute Gasteiger partial charge is 0.321 e. The fourth-order valence-corrected chi connectivity index (χ4v) is 2.72. The van der Waals surface area contributed by atoms with Crippen LogP contribution in [0.5, 0.6) is 0 Å². The molecule has 3 rings (SSSR count). The zero-order valence-corrected chi connectivity index (χ0v) is 13.9. The molecule has 1 atom stereocenters. The van der Waals surface area contributed by atoms with Crippen molar-refractivity contribution in [3.63, 3.8) is 0 Å². The lowest BCUT2D eigenvalue weighted by atomic mass is 10.1. The van der Waals surface area contributed by atoms with Crippen LogP contribution in [0.4, 0.5) is 9.93 Å². The molecule has 8 heteroatoms. The van der Waals surface area contributed by atoms with Crippen LogP contribution in [-0.4, -0.2) is 21.2 Å². The number of rotatable bonds is 6. The number of urea groups is 1. The number of nitrogens with zero attached hydrogens (tertiary/aromatic N) is 3. The molecule has 0 bridgehead atoms. The molecule has 0 saturated heterocycles. The SMILES string of the molecule is CCCc1nc([C@@H](NC(=O)Nc2nccs2)c2ccccc2)no1. The van der Waals surface area contributed by atoms with Gasteiger partial charge >= 0.3 is 6.03 Å². The average molecular weight is 343 g/mol. The summed E-state index contributed by atoms with van der Waals surface area (Å²) in [6.07, 6.45) is 3.25. The van der Waals surface area contributed by atoms with Gasteiger partial charge in [-0.25, -0.2) is 9.78 Å². The molecule has 7 nitrogen and oxygen atoms in total. The summed E-state index contributed by atoms with van der Waals surface area (Å²) in [7, 11) is 0. The number of hydrogen-bond donors (Lipinski definition) is 2. The van der Waals surface area contributed by atoms with Gasteiger partial charge in [-0.2, -0.15) is 4.98 Å². The molecule has 2 heterocycles. The molecule has 124 valence electrons. The first-order chi connectivity index (χ1) is 11.8. The molecule has 0 aliphatic carbocycles. The summed E-state index contributed by atoms with van der Waals surface area (Å²) < 4.78 is 5.25. The van der Waals surface area contributed by atoms with Gasteiger partial charge in [0, 0.05) is 18.0 Å². The van der Waals surface area contributed by atoms with Gasteiger partial charge in [0.05, 0.1) is 0 Å². The van der Waals surface area contributed by atoms with Crippen LogP contribution in [0.2, 0.25) is 0 Å². The number of aromatic nitrogens is 3. The fraction of sp³-hybridized carbons (Fsp3) is 0.250. The van der Waals surface area contributed by atoms with Crippen LogP contribution in [0.1, 0.15) is 36.7 Å². The lowest BCUT2D eigenvalue weighted by molar-refractivity contribution is 0.249. The van der Waals surface area contributed by atoms with Gasteiger partial charge in [0.1, 0.15) is 6.04 Å². The van der Waals surface area contributed by atoms with E-state index in [9.17, 15) is 4.79 Å². The number of amides is 2. The van der Waals surface area contributed by atoms with Gasteiger partial charge in [0.2, 0.25) is 5.89 Å². The quantitative estimate of drug-likeness (QED) is 0.715. The Morgan fingerprint density at radius 1 is 1.33 bits per heavy atom. The van der Waals surface area contributed by atoms with Gasteiger partial charge in [-0.05, 0) is 12.0 Å². The van der Waals surface area contributed by atoms with Crippen molar-refractivity contribution >= 4 is 22.5 Å². The van der Waals surface area contributed by atoms with Crippen molar-refractivity contribution in [1.29, 1.82) is 0 Å². The minimum Gasteiger partial charge on any atom is -0.339 e. The highest BCUT2D eigenvalue weighted by atomic mass is 32.1. The van der Waals surface area contributed by atoms with Crippen molar-refractivity contribution < 1.29 is 9.32 Å². The van der Waals surface area contributed by atoms with Crippen molar-refractivity contribution in [1.82, 2.24) is 20.4 Å². The summed E-state index contributed by atoms with van der Waals surface area (Å²) in [5.41, 5.74) is 0.871. The van der Waals surface area contributed by atoms with E-state index in [2.05, 4.69) is 25.8 Å². The Morgan fingerprint density at radius 3 is 2.88 bits per heavy atom. The van der Waals surface area contributed by atoms with Gasteiger partial charge in [-0.15, -0.1) is 11.3 Å². The Hall–Kier alpha value is -2.74. The van der Waals surface area contributed by atoms with Crippen molar-refractivity contribution in [3.05, 3.63) is 59.2 Å². The number of aryl methyl sites for hydroxylation is 1. The minimum absolute atomic E-state index is 0.374. The molecule has 0 radical (unpaired) electrons. The van der Waals surface area contributed by atoms with Crippen LogP contribution in [0, 0.1) is 0 Å². The molecule has 0 aliphatic rings. The Labute approximate surface area is 143 Å². The van der Waals surface area contributed by atoms with Crippen LogP contribution in [0.15, 0.2) is 46.4 Å². The largest absolute Gasteiger partial charge is 0.339 e. The maximum Gasteiger partial charge on any atom is 0.321 e. The van der Waals surface area contributed by atoms with Gasteiger partial charge in [0.25, 0.3) is 0 Å². The molecule has 0 spiro atoms. The van der Waals surface area contributed by atoms with E-state index in [0.29, 0.717) is 23.3 Å². The predicted octanol–water partition coefficient (Wildman–Crippen LogP) is 3.39. The maximum absolute atomic E-state index is 12.3. The first kappa shape index (κ1) is 16.1. The maximum atomic E-state index is 12.3. The monoisotopic (exact) mass is 343 g/mol.